The third-order valence-corrected chi connectivity index (χ3v) is 16.0. The van der Waals surface area contributed by atoms with Crippen molar-refractivity contribution in [2.24, 2.45) is 0 Å². The number of aromatic nitrogens is 2. The van der Waals surface area contributed by atoms with Crippen molar-refractivity contribution >= 4 is 53.6 Å². The van der Waals surface area contributed by atoms with Crippen LogP contribution in [-0.2, 0) is 10.8 Å². The Bertz CT molecular complexity index is 3060. The zero-order chi connectivity index (χ0) is 40.5. The van der Waals surface area contributed by atoms with Gasteiger partial charge in [-0.1, -0.05) is 145 Å². The van der Waals surface area contributed by atoms with Crippen molar-refractivity contribution in [1.82, 2.24) is 9.13 Å². The summed E-state index contributed by atoms with van der Waals surface area (Å²) >= 11 is 0. The van der Waals surface area contributed by atoms with Crippen LogP contribution in [0.25, 0.3) is 55.0 Å². The molecule has 0 aliphatic rings. The van der Waals surface area contributed by atoms with Gasteiger partial charge in [-0.25, -0.2) is 0 Å². The molecule has 0 saturated carbocycles. The maximum absolute atomic E-state index is 2.53. The van der Waals surface area contributed by atoms with Crippen molar-refractivity contribution in [1.29, 1.82) is 0 Å². The SMILES string of the molecule is CC(C)(C)c1cc(C(C)(C)C)c2c(c1)c1ccccc1n2-c1ccc2c(c1)c1ccccc1n2-c1cccc(S(c2ccccc2)(c2ccccc2)c2ccccc2)c1. The molecule has 0 fully saturated rings. The van der Waals surface area contributed by atoms with Gasteiger partial charge in [0, 0.05) is 52.5 Å². The Morgan fingerprint density at radius 3 is 1.37 bits per heavy atom. The van der Waals surface area contributed by atoms with E-state index < -0.39 is 10.0 Å². The molecule has 10 aromatic rings. The average molecular weight is 783 g/mol. The normalized spacial score (nSPS) is 12.8. The van der Waals surface area contributed by atoms with Gasteiger partial charge in [-0.15, -0.1) is 10.0 Å². The number of benzene rings is 8. The minimum atomic E-state index is -1.85. The number of para-hydroxylation sites is 2. The van der Waals surface area contributed by atoms with Gasteiger partial charge in [-0.3, -0.25) is 0 Å². The molecule has 0 bridgehead atoms. The van der Waals surface area contributed by atoms with E-state index in [1.54, 1.807) is 0 Å². The van der Waals surface area contributed by atoms with Gasteiger partial charge in [0.05, 0.1) is 22.1 Å². The van der Waals surface area contributed by atoms with Crippen LogP contribution in [0.4, 0.5) is 0 Å². The highest BCUT2D eigenvalue weighted by Gasteiger charge is 2.34. The maximum atomic E-state index is 2.53. The molecule has 59 heavy (non-hydrogen) atoms. The fourth-order valence-corrected chi connectivity index (χ4v) is 13.2. The number of nitrogens with zero attached hydrogens (tertiary/aromatic N) is 2. The molecule has 0 radical (unpaired) electrons. The Morgan fingerprint density at radius 2 is 0.814 bits per heavy atom. The molecule has 3 heteroatoms. The zero-order valence-corrected chi connectivity index (χ0v) is 35.6. The van der Waals surface area contributed by atoms with E-state index in [2.05, 4.69) is 245 Å². The van der Waals surface area contributed by atoms with E-state index in [0.29, 0.717) is 0 Å². The first kappa shape index (κ1) is 37.0. The molecule has 2 aromatic heterocycles. The molecule has 290 valence electrons. The summed E-state index contributed by atoms with van der Waals surface area (Å²) in [4.78, 5) is 5.25. The van der Waals surface area contributed by atoms with E-state index >= 15 is 0 Å². The highest BCUT2D eigenvalue weighted by atomic mass is 32.3. The minimum absolute atomic E-state index is 0.0277. The lowest BCUT2D eigenvalue weighted by Crippen LogP contribution is -2.17. The molecule has 0 amide bonds. The van der Waals surface area contributed by atoms with Crippen LogP contribution in [0.2, 0.25) is 0 Å². The highest BCUT2D eigenvalue weighted by Crippen LogP contribution is 2.73. The van der Waals surface area contributed by atoms with E-state index in [4.69, 9.17) is 0 Å². The second-order valence-electron chi connectivity index (χ2n) is 17.9. The van der Waals surface area contributed by atoms with Crippen molar-refractivity contribution in [3.63, 3.8) is 0 Å². The van der Waals surface area contributed by atoms with Crippen LogP contribution in [0.15, 0.2) is 214 Å². The minimum Gasteiger partial charge on any atom is -0.309 e. The van der Waals surface area contributed by atoms with Crippen LogP contribution in [0.5, 0.6) is 0 Å². The third kappa shape index (κ3) is 5.94. The third-order valence-electron chi connectivity index (χ3n) is 12.1. The van der Waals surface area contributed by atoms with Crippen molar-refractivity contribution in [2.45, 2.75) is 72.0 Å². The summed E-state index contributed by atoms with van der Waals surface area (Å²) in [6.45, 7) is 14.0. The summed E-state index contributed by atoms with van der Waals surface area (Å²) in [5, 5.41) is 5.10. The van der Waals surface area contributed by atoms with Crippen molar-refractivity contribution < 1.29 is 0 Å². The van der Waals surface area contributed by atoms with E-state index in [1.807, 2.05) is 0 Å². The van der Waals surface area contributed by atoms with E-state index in [1.165, 1.54) is 80.0 Å². The smallest absolute Gasteiger partial charge is 0.0578 e. The molecule has 8 aromatic carbocycles. The molecule has 0 atom stereocenters. The molecule has 2 nitrogen and oxygen atoms in total. The van der Waals surface area contributed by atoms with E-state index in [-0.39, 0.29) is 10.8 Å². The predicted molar refractivity (Wildman–Crippen MR) is 253 cm³/mol. The van der Waals surface area contributed by atoms with Gasteiger partial charge in [0.15, 0.2) is 0 Å². The molecule has 0 saturated heterocycles. The van der Waals surface area contributed by atoms with Gasteiger partial charge in [0.1, 0.15) is 0 Å². The number of rotatable bonds is 6. The summed E-state index contributed by atoms with van der Waals surface area (Å²) in [5.41, 5.74) is 9.96. The van der Waals surface area contributed by atoms with Gasteiger partial charge in [0.2, 0.25) is 0 Å². The number of fused-ring (bicyclic) bond motifs is 6. The first-order valence-corrected chi connectivity index (χ1v) is 22.4. The topological polar surface area (TPSA) is 9.86 Å². The lowest BCUT2D eigenvalue weighted by molar-refractivity contribution is 0.572. The fraction of sp³-hybridized carbons (Fsp3) is 0.143. The molecule has 0 spiro atoms. The summed E-state index contributed by atoms with van der Waals surface area (Å²) in [6, 6.07) is 72.6. The van der Waals surface area contributed by atoms with Crippen LogP contribution in [0, 0.1) is 0 Å². The first-order chi connectivity index (χ1) is 28.5. The standard InChI is InChI=1S/C56H50N2S/c1-55(2,3)39-35-49-47-30-17-19-32-52(47)58(54(49)50(36-39)56(4,5)6)41-33-34-53-48(38-41)46-29-16-18-31-51(46)57(53)40-21-20-28-45(37-40)59(42-22-10-7-11-23-42,43-24-12-8-13-25-43)44-26-14-9-15-27-44/h7-38H,1-6H3. The van der Waals surface area contributed by atoms with Gasteiger partial charge >= 0.3 is 0 Å². The molecular formula is C56H50N2S. The van der Waals surface area contributed by atoms with Gasteiger partial charge in [-0.2, -0.15) is 0 Å². The lowest BCUT2D eigenvalue weighted by Gasteiger charge is -2.42. The average Bonchev–Trinajstić information content (AvgIpc) is 3.77. The first-order valence-electron chi connectivity index (χ1n) is 20.8. The Hall–Kier alpha value is -6.29. The molecule has 0 aliphatic heterocycles. The Balaban J connectivity index is 1.24. The predicted octanol–water partition coefficient (Wildman–Crippen LogP) is 15.8. The van der Waals surface area contributed by atoms with Crippen molar-refractivity contribution in [3.8, 4) is 11.4 Å². The van der Waals surface area contributed by atoms with Crippen molar-refractivity contribution in [3.05, 3.63) is 205 Å². The summed E-state index contributed by atoms with van der Waals surface area (Å²) in [5.74, 6) is 0. The van der Waals surface area contributed by atoms with Crippen LogP contribution >= 0.6 is 10.0 Å². The number of hydrogen-bond donors (Lipinski definition) is 0. The molecule has 10 rings (SSSR count). The Morgan fingerprint density at radius 1 is 0.339 bits per heavy atom. The van der Waals surface area contributed by atoms with Gasteiger partial charge in [-0.05, 0) is 113 Å². The second-order valence-corrected chi connectivity index (χ2v) is 21.0. The highest BCUT2D eigenvalue weighted by molar-refractivity contribution is 8.34. The monoisotopic (exact) mass is 782 g/mol. The molecule has 0 aliphatic carbocycles. The summed E-state index contributed by atoms with van der Waals surface area (Å²) in [7, 11) is -1.85. The Labute approximate surface area is 349 Å². The largest absolute Gasteiger partial charge is 0.309 e. The lowest BCUT2D eigenvalue weighted by atomic mass is 9.79. The van der Waals surface area contributed by atoms with Crippen LogP contribution < -0.4 is 0 Å². The zero-order valence-electron chi connectivity index (χ0n) is 34.8. The second kappa shape index (κ2) is 13.9. The van der Waals surface area contributed by atoms with Crippen LogP contribution in [-0.4, -0.2) is 9.13 Å². The molecule has 0 unspecified atom stereocenters. The van der Waals surface area contributed by atoms with Gasteiger partial charge < -0.3 is 9.13 Å². The molecule has 0 N–H and O–H groups in total. The van der Waals surface area contributed by atoms with Crippen molar-refractivity contribution in [2.75, 3.05) is 0 Å². The fourth-order valence-electron chi connectivity index (χ4n) is 9.25. The maximum Gasteiger partial charge on any atom is 0.0578 e. The number of hydrogen-bond acceptors (Lipinski definition) is 0. The van der Waals surface area contributed by atoms with E-state index in [9.17, 15) is 0 Å². The molecular weight excluding hydrogens is 733 g/mol. The van der Waals surface area contributed by atoms with Gasteiger partial charge in [0.25, 0.3) is 0 Å². The van der Waals surface area contributed by atoms with E-state index in [0.717, 1.165) is 5.69 Å². The summed E-state index contributed by atoms with van der Waals surface area (Å²) < 4.78 is 5.01. The quantitative estimate of drug-likeness (QED) is 0.159. The molecule has 2 heterocycles. The summed E-state index contributed by atoms with van der Waals surface area (Å²) in [6.07, 6.45) is 0. The van der Waals surface area contributed by atoms with Crippen LogP contribution in [0.1, 0.15) is 52.7 Å². The Kier molecular flexibility index (Phi) is 8.74. The van der Waals surface area contributed by atoms with Crippen LogP contribution in [0.3, 0.4) is 0 Å².